The summed E-state index contributed by atoms with van der Waals surface area (Å²) in [5.41, 5.74) is 1.96. The fraction of sp³-hybridized carbons (Fsp3) is 0.286. The van der Waals surface area contributed by atoms with Crippen LogP contribution in [0.4, 0.5) is 5.69 Å². The second-order valence-corrected chi connectivity index (χ2v) is 4.23. The first-order valence-corrected chi connectivity index (χ1v) is 5.69. The molecule has 18 heavy (non-hydrogen) atoms. The van der Waals surface area contributed by atoms with E-state index in [0.29, 0.717) is 17.8 Å². The van der Waals surface area contributed by atoms with Crippen LogP contribution >= 0.6 is 0 Å². The van der Waals surface area contributed by atoms with Crippen LogP contribution in [0.1, 0.15) is 24.2 Å². The minimum atomic E-state index is -0.207. The number of carbonyl (C=O) groups excluding carboxylic acids is 2. The number of rotatable bonds is 4. The average molecular weight is 246 g/mol. The van der Waals surface area contributed by atoms with Gasteiger partial charge in [0.2, 0.25) is 5.91 Å². The van der Waals surface area contributed by atoms with Crippen LogP contribution in [-0.4, -0.2) is 25.4 Å². The number of anilines is 1. The lowest BCUT2D eigenvalue weighted by Gasteiger charge is -2.18. The van der Waals surface area contributed by atoms with Gasteiger partial charge in [0, 0.05) is 20.5 Å². The maximum absolute atomic E-state index is 12.0. The molecule has 0 aliphatic rings. The van der Waals surface area contributed by atoms with E-state index in [0.717, 1.165) is 5.57 Å². The third-order valence-corrected chi connectivity index (χ3v) is 2.53. The summed E-state index contributed by atoms with van der Waals surface area (Å²) in [6.07, 6.45) is 0. The zero-order chi connectivity index (χ0) is 13.7. The third-order valence-electron chi connectivity index (χ3n) is 2.53. The van der Waals surface area contributed by atoms with Gasteiger partial charge in [0.05, 0.1) is 11.3 Å². The summed E-state index contributed by atoms with van der Waals surface area (Å²) in [6, 6.07) is 7.01. The summed E-state index contributed by atoms with van der Waals surface area (Å²) in [5.74, 6) is -0.322. The van der Waals surface area contributed by atoms with Gasteiger partial charge >= 0.3 is 0 Å². The van der Waals surface area contributed by atoms with Crippen LogP contribution in [0.3, 0.4) is 0 Å². The molecule has 0 aliphatic heterocycles. The molecule has 0 saturated carbocycles. The van der Waals surface area contributed by atoms with Crippen LogP contribution in [-0.2, 0) is 4.79 Å². The van der Waals surface area contributed by atoms with Crippen molar-refractivity contribution in [2.24, 2.45) is 0 Å². The Balaban J connectivity index is 2.98. The quantitative estimate of drug-likeness (QED) is 0.826. The molecule has 1 aromatic rings. The van der Waals surface area contributed by atoms with E-state index in [2.05, 4.69) is 11.9 Å². The minimum absolute atomic E-state index is 0.116. The first-order valence-electron chi connectivity index (χ1n) is 5.69. The lowest BCUT2D eigenvalue weighted by atomic mass is 10.1. The van der Waals surface area contributed by atoms with Crippen molar-refractivity contribution in [2.75, 3.05) is 18.5 Å². The Morgan fingerprint density at radius 1 is 1.28 bits per heavy atom. The summed E-state index contributed by atoms with van der Waals surface area (Å²) in [7, 11) is 1.65. The van der Waals surface area contributed by atoms with E-state index in [-0.39, 0.29) is 11.8 Å². The highest BCUT2D eigenvalue weighted by atomic mass is 16.2. The summed E-state index contributed by atoms with van der Waals surface area (Å²) in [5, 5.41) is 2.76. The third kappa shape index (κ3) is 3.45. The van der Waals surface area contributed by atoms with Gasteiger partial charge in [-0.05, 0) is 19.1 Å². The Kier molecular flexibility index (Phi) is 4.66. The molecule has 0 radical (unpaired) electrons. The molecule has 4 nitrogen and oxygen atoms in total. The summed E-state index contributed by atoms with van der Waals surface area (Å²) in [6.45, 7) is 7.46. The largest absolute Gasteiger partial charge is 0.348 e. The number of benzene rings is 1. The molecule has 4 heteroatoms. The zero-order valence-electron chi connectivity index (χ0n) is 11.0. The summed E-state index contributed by atoms with van der Waals surface area (Å²) >= 11 is 0. The molecule has 0 atom stereocenters. The van der Waals surface area contributed by atoms with Crippen molar-refractivity contribution in [3.63, 3.8) is 0 Å². The first-order chi connectivity index (χ1) is 8.43. The monoisotopic (exact) mass is 246 g/mol. The van der Waals surface area contributed by atoms with E-state index >= 15 is 0 Å². The van der Waals surface area contributed by atoms with E-state index < -0.39 is 0 Å². The number of amides is 2. The van der Waals surface area contributed by atoms with Crippen LogP contribution in [0.15, 0.2) is 36.4 Å². The number of carbonyl (C=O) groups is 2. The molecule has 0 saturated heterocycles. The normalized spacial score (nSPS) is 9.72. The molecule has 0 unspecified atom stereocenters. The molecule has 96 valence electrons. The molecular weight excluding hydrogens is 228 g/mol. The smallest absolute Gasteiger partial charge is 0.253 e. The Morgan fingerprint density at radius 3 is 2.44 bits per heavy atom. The highest BCUT2D eigenvalue weighted by molar-refractivity contribution is 6.04. The van der Waals surface area contributed by atoms with E-state index in [9.17, 15) is 9.59 Å². The maximum atomic E-state index is 12.0. The molecule has 0 aromatic heterocycles. The van der Waals surface area contributed by atoms with Crippen molar-refractivity contribution >= 4 is 17.5 Å². The Labute approximate surface area is 107 Å². The highest BCUT2D eigenvalue weighted by Gasteiger charge is 2.15. The van der Waals surface area contributed by atoms with Crippen LogP contribution in [0.2, 0.25) is 0 Å². The second-order valence-electron chi connectivity index (χ2n) is 4.23. The standard InChI is InChI=1S/C14H18N2O2/c1-10(2)9-15-14(18)12-7-5-6-8-13(12)16(4)11(3)17/h5-8H,1,9H2,2-4H3,(H,15,18). The lowest BCUT2D eigenvalue weighted by molar-refractivity contribution is -0.116. The number of nitrogens with one attached hydrogen (secondary N) is 1. The van der Waals surface area contributed by atoms with Crippen molar-refractivity contribution in [2.45, 2.75) is 13.8 Å². The van der Waals surface area contributed by atoms with Gasteiger partial charge in [0.15, 0.2) is 0 Å². The van der Waals surface area contributed by atoms with Crippen LogP contribution in [0.25, 0.3) is 0 Å². The van der Waals surface area contributed by atoms with E-state index in [1.807, 2.05) is 6.92 Å². The van der Waals surface area contributed by atoms with Crippen molar-refractivity contribution in [1.82, 2.24) is 5.32 Å². The molecule has 0 fully saturated rings. The van der Waals surface area contributed by atoms with Crippen LogP contribution in [0.5, 0.6) is 0 Å². The zero-order valence-corrected chi connectivity index (χ0v) is 11.0. The summed E-state index contributed by atoms with van der Waals surface area (Å²) in [4.78, 5) is 24.8. The van der Waals surface area contributed by atoms with Crippen molar-refractivity contribution in [3.8, 4) is 0 Å². The molecule has 1 aromatic carbocycles. The molecule has 0 spiro atoms. The minimum Gasteiger partial charge on any atom is -0.348 e. The number of para-hydroxylation sites is 1. The van der Waals surface area contributed by atoms with Gasteiger partial charge in [-0.25, -0.2) is 0 Å². The van der Waals surface area contributed by atoms with Crippen LogP contribution in [0, 0.1) is 0 Å². The fourth-order valence-electron chi connectivity index (χ4n) is 1.45. The van der Waals surface area contributed by atoms with Gasteiger partial charge in [-0.2, -0.15) is 0 Å². The molecule has 1 N–H and O–H groups in total. The van der Waals surface area contributed by atoms with Crippen LogP contribution < -0.4 is 10.2 Å². The number of hydrogen-bond acceptors (Lipinski definition) is 2. The van der Waals surface area contributed by atoms with Crippen molar-refractivity contribution in [3.05, 3.63) is 42.0 Å². The molecule has 0 aliphatic carbocycles. The Morgan fingerprint density at radius 2 is 1.89 bits per heavy atom. The lowest BCUT2D eigenvalue weighted by Crippen LogP contribution is -2.29. The van der Waals surface area contributed by atoms with Gasteiger partial charge < -0.3 is 10.2 Å². The van der Waals surface area contributed by atoms with E-state index in [1.165, 1.54) is 11.8 Å². The van der Waals surface area contributed by atoms with Gasteiger partial charge in [-0.1, -0.05) is 24.3 Å². The molecule has 2 amide bonds. The Hall–Kier alpha value is -2.10. The second kappa shape index (κ2) is 6.00. The molecule has 0 heterocycles. The highest BCUT2D eigenvalue weighted by Crippen LogP contribution is 2.19. The Bertz CT molecular complexity index is 480. The molecule has 1 rings (SSSR count). The van der Waals surface area contributed by atoms with Gasteiger partial charge in [0.1, 0.15) is 0 Å². The first kappa shape index (κ1) is 14.0. The fourth-order valence-corrected chi connectivity index (χ4v) is 1.45. The number of nitrogens with zero attached hydrogens (tertiary/aromatic N) is 1. The molecule has 0 bridgehead atoms. The van der Waals surface area contributed by atoms with Gasteiger partial charge in [0.25, 0.3) is 5.91 Å². The van der Waals surface area contributed by atoms with Crippen molar-refractivity contribution < 1.29 is 9.59 Å². The SMILES string of the molecule is C=C(C)CNC(=O)c1ccccc1N(C)C(C)=O. The van der Waals surface area contributed by atoms with Gasteiger partial charge in [-0.3, -0.25) is 9.59 Å². The maximum Gasteiger partial charge on any atom is 0.253 e. The van der Waals surface area contributed by atoms with E-state index in [4.69, 9.17) is 0 Å². The topological polar surface area (TPSA) is 49.4 Å². The molecular formula is C14H18N2O2. The van der Waals surface area contributed by atoms with E-state index in [1.54, 1.807) is 31.3 Å². The predicted octanol–water partition coefficient (Wildman–Crippen LogP) is 1.98. The predicted molar refractivity (Wildman–Crippen MR) is 72.7 cm³/mol. The summed E-state index contributed by atoms with van der Waals surface area (Å²) < 4.78 is 0. The van der Waals surface area contributed by atoms with Crippen molar-refractivity contribution in [1.29, 1.82) is 0 Å². The average Bonchev–Trinajstić information content (AvgIpc) is 2.34. The van der Waals surface area contributed by atoms with Gasteiger partial charge in [-0.15, -0.1) is 0 Å². The number of hydrogen-bond donors (Lipinski definition) is 1.